The van der Waals surface area contributed by atoms with Crippen molar-refractivity contribution in [3.8, 4) is 5.75 Å². The Balaban J connectivity index is 2.99. The third-order valence-electron chi connectivity index (χ3n) is 3.39. The third kappa shape index (κ3) is 5.56. The number of hydrogen-bond donors (Lipinski definition) is 1. The summed E-state index contributed by atoms with van der Waals surface area (Å²) in [6.45, 7) is 3.42. The second-order valence-corrected chi connectivity index (χ2v) is 5.51. The number of benzene rings is 1. The van der Waals surface area contributed by atoms with Gasteiger partial charge < -0.3 is 19.9 Å². The monoisotopic (exact) mass is 360 g/mol. The molecule has 120 valence electrons. The summed E-state index contributed by atoms with van der Waals surface area (Å²) >= 11 is 3.61. The molecule has 0 amide bonds. The van der Waals surface area contributed by atoms with Crippen molar-refractivity contribution in [3.63, 3.8) is 0 Å². The summed E-state index contributed by atoms with van der Waals surface area (Å²) in [5.41, 5.74) is 7.14. The van der Waals surface area contributed by atoms with Crippen LogP contribution in [0.25, 0.3) is 0 Å². The number of methoxy groups -OCH3 is 3. The minimum atomic E-state index is 0.0831. The molecule has 0 bridgehead atoms. The molecular weight excluding hydrogens is 336 g/mol. The van der Waals surface area contributed by atoms with Gasteiger partial charge in [-0.15, -0.1) is 0 Å². The molecule has 1 aromatic carbocycles. The Bertz CT molecular complexity index is 410. The fraction of sp³-hybridized carbons (Fsp3) is 0.600. The molecular formula is C15H25BrN2O3. The Kier molecular flexibility index (Phi) is 8.87. The minimum absolute atomic E-state index is 0.0831. The largest absolute Gasteiger partial charge is 0.497 e. The molecule has 21 heavy (non-hydrogen) atoms. The maximum absolute atomic E-state index is 6.02. The zero-order chi connectivity index (χ0) is 15.7. The van der Waals surface area contributed by atoms with Gasteiger partial charge in [0.1, 0.15) is 5.75 Å². The molecule has 1 aromatic rings. The Morgan fingerprint density at radius 1 is 1.14 bits per heavy atom. The molecule has 6 heteroatoms. The van der Waals surface area contributed by atoms with E-state index in [1.807, 2.05) is 18.2 Å². The van der Waals surface area contributed by atoms with Crippen LogP contribution < -0.4 is 10.5 Å². The van der Waals surface area contributed by atoms with E-state index in [0.29, 0.717) is 19.8 Å². The van der Waals surface area contributed by atoms with E-state index in [1.165, 1.54) is 0 Å². The van der Waals surface area contributed by atoms with Crippen molar-refractivity contribution in [1.29, 1.82) is 0 Å². The predicted molar refractivity (Wildman–Crippen MR) is 87.8 cm³/mol. The molecule has 0 aliphatic carbocycles. The van der Waals surface area contributed by atoms with Gasteiger partial charge in [-0.1, -0.05) is 15.9 Å². The highest BCUT2D eigenvalue weighted by Gasteiger charge is 2.21. The number of nitrogens with two attached hydrogens (primary N) is 1. The highest BCUT2D eigenvalue weighted by molar-refractivity contribution is 9.10. The quantitative estimate of drug-likeness (QED) is 0.691. The summed E-state index contributed by atoms with van der Waals surface area (Å²) in [6.07, 6.45) is 0. The first kappa shape index (κ1) is 18.4. The second-order valence-electron chi connectivity index (χ2n) is 4.66. The molecule has 5 nitrogen and oxygen atoms in total. The number of hydrogen-bond acceptors (Lipinski definition) is 5. The lowest BCUT2D eigenvalue weighted by molar-refractivity contribution is 0.0888. The molecule has 0 heterocycles. The normalized spacial score (nSPS) is 12.7. The van der Waals surface area contributed by atoms with Crippen molar-refractivity contribution < 1.29 is 14.2 Å². The zero-order valence-corrected chi connectivity index (χ0v) is 14.6. The topological polar surface area (TPSA) is 57.0 Å². The van der Waals surface area contributed by atoms with E-state index in [1.54, 1.807) is 21.3 Å². The maximum atomic E-state index is 6.02. The van der Waals surface area contributed by atoms with Gasteiger partial charge in [0, 0.05) is 44.4 Å². The van der Waals surface area contributed by atoms with Crippen LogP contribution in [0.15, 0.2) is 22.7 Å². The summed E-state index contributed by atoms with van der Waals surface area (Å²) < 4.78 is 16.7. The van der Waals surface area contributed by atoms with Crippen LogP contribution in [0, 0.1) is 0 Å². The molecule has 0 spiro atoms. The molecule has 0 fully saturated rings. The summed E-state index contributed by atoms with van der Waals surface area (Å²) in [7, 11) is 5.07. The number of ether oxygens (including phenoxy) is 3. The van der Waals surface area contributed by atoms with Crippen LogP contribution in [0.1, 0.15) is 11.6 Å². The van der Waals surface area contributed by atoms with Gasteiger partial charge in [0.25, 0.3) is 0 Å². The Morgan fingerprint density at radius 3 is 2.24 bits per heavy atom. The lowest BCUT2D eigenvalue weighted by atomic mass is 10.0. The van der Waals surface area contributed by atoms with Crippen LogP contribution in [0.4, 0.5) is 0 Å². The average molecular weight is 361 g/mol. The maximum Gasteiger partial charge on any atom is 0.119 e. The Hall–Kier alpha value is -0.660. The van der Waals surface area contributed by atoms with E-state index in [2.05, 4.69) is 20.8 Å². The van der Waals surface area contributed by atoms with Crippen LogP contribution in [-0.2, 0) is 9.47 Å². The van der Waals surface area contributed by atoms with E-state index in [9.17, 15) is 0 Å². The molecule has 2 N–H and O–H groups in total. The van der Waals surface area contributed by atoms with Gasteiger partial charge in [-0.2, -0.15) is 0 Å². The summed E-state index contributed by atoms with van der Waals surface area (Å²) in [5, 5.41) is 0. The minimum Gasteiger partial charge on any atom is -0.497 e. The van der Waals surface area contributed by atoms with Gasteiger partial charge in [0.15, 0.2) is 0 Å². The first-order chi connectivity index (χ1) is 10.2. The Labute approximate surface area is 135 Å². The first-order valence-electron chi connectivity index (χ1n) is 6.93. The second kappa shape index (κ2) is 10.1. The van der Waals surface area contributed by atoms with Crippen molar-refractivity contribution >= 4 is 15.9 Å². The first-order valence-corrected chi connectivity index (χ1v) is 7.72. The summed E-state index contributed by atoms with van der Waals surface area (Å²) in [5.74, 6) is 0.824. The van der Waals surface area contributed by atoms with E-state index >= 15 is 0 Å². The van der Waals surface area contributed by atoms with Gasteiger partial charge in [-0.3, -0.25) is 4.90 Å². The van der Waals surface area contributed by atoms with E-state index in [4.69, 9.17) is 19.9 Å². The molecule has 0 aliphatic heterocycles. The van der Waals surface area contributed by atoms with Crippen LogP contribution >= 0.6 is 15.9 Å². The van der Waals surface area contributed by atoms with Gasteiger partial charge in [0.05, 0.1) is 20.3 Å². The molecule has 0 saturated heterocycles. The zero-order valence-electron chi connectivity index (χ0n) is 13.0. The van der Waals surface area contributed by atoms with Crippen molar-refractivity contribution in [2.75, 3.05) is 54.2 Å². The highest BCUT2D eigenvalue weighted by atomic mass is 79.9. The summed E-state index contributed by atoms with van der Waals surface area (Å²) in [4.78, 5) is 2.27. The van der Waals surface area contributed by atoms with Crippen molar-refractivity contribution in [1.82, 2.24) is 4.90 Å². The lowest BCUT2D eigenvalue weighted by Crippen LogP contribution is -2.38. The number of nitrogens with zero attached hydrogens (tertiary/aromatic N) is 1. The van der Waals surface area contributed by atoms with Gasteiger partial charge in [-0.05, 0) is 23.8 Å². The van der Waals surface area contributed by atoms with Crippen LogP contribution in [-0.4, -0.2) is 59.1 Å². The van der Waals surface area contributed by atoms with E-state index in [0.717, 1.165) is 28.9 Å². The number of rotatable bonds is 10. The summed E-state index contributed by atoms with van der Waals surface area (Å²) in [6, 6.07) is 6.02. The van der Waals surface area contributed by atoms with Crippen molar-refractivity contribution in [2.24, 2.45) is 5.73 Å². The fourth-order valence-electron chi connectivity index (χ4n) is 2.22. The third-order valence-corrected chi connectivity index (χ3v) is 4.11. The molecule has 0 saturated carbocycles. The number of halogens is 1. The van der Waals surface area contributed by atoms with Crippen LogP contribution in [0.5, 0.6) is 5.75 Å². The lowest BCUT2D eigenvalue weighted by Gasteiger charge is -2.31. The van der Waals surface area contributed by atoms with Gasteiger partial charge >= 0.3 is 0 Å². The average Bonchev–Trinajstić information content (AvgIpc) is 2.51. The molecule has 0 radical (unpaired) electrons. The fourth-order valence-corrected chi connectivity index (χ4v) is 2.73. The van der Waals surface area contributed by atoms with Crippen molar-refractivity contribution in [2.45, 2.75) is 6.04 Å². The Morgan fingerprint density at radius 2 is 1.76 bits per heavy atom. The SMILES string of the molecule is COCCN(CCOC)C(CN)c1cc(OC)ccc1Br. The van der Waals surface area contributed by atoms with E-state index < -0.39 is 0 Å². The molecule has 1 unspecified atom stereocenters. The smallest absolute Gasteiger partial charge is 0.119 e. The van der Waals surface area contributed by atoms with Gasteiger partial charge in [0.2, 0.25) is 0 Å². The van der Waals surface area contributed by atoms with Crippen LogP contribution in [0.2, 0.25) is 0 Å². The molecule has 0 aliphatic rings. The van der Waals surface area contributed by atoms with Gasteiger partial charge in [-0.25, -0.2) is 0 Å². The van der Waals surface area contributed by atoms with E-state index in [-0.39, 0.29) is 6.04 Å². The molecule has 1 atom stereocenters. The molecule has 0 aromatic heterocycles. The predicted octanol–water partition coefficient (Wildman–Crippen LogP) is 2.05. The van der Waals surface area contributed by atoms with Crippen molar-refractivity contribution in [3.05, 3.63) is 28.2 Å². The molecule has 1 rings (SSSR count). The highest BCUT2D eigenvalue weighted by Crippen LogP contribution is 2.30. The van der Waals surface area contributed by atoms with Crippen LogP contribution in [0.3, 0.4) is 0 Å². The standard InChI is InChI=1S/C15H25BrN2O3/c1-19-8-6-18(7-9-20-2)15(11-17)13-10-12(21-3)4-5-14(13)16/h4-5,10,15H,6-9,11,17H2,1-3H3.